The molecule has 0 saturated carbocycles. The third-order valence-corrected chi connectivity index (χ3v) is 5.15. The summed E-state index contributed by atoms with van der Waals surface area (Å²) in [6.07, 6.45) is 2.20. The standard InChI is InChI=1S/C15H20N4O3S2/c16-19-14(20)9-12-3-1-11(2-4-12)5-6-13-10-23-15(18-13)7-8-24(17,21)22/h1-4,10H,5-9,16H2,(H,19,20)(H2,17,21,22). The van der Waals surface area contributed by atoms with Crippen LogP contribution in [0.3, 0.4) is 0 Å². The summed E-state index contributed by atoms with van der Waals surface area (Å²) in [7, 11) is -3.45. The first kappa shape index (κ1) is 18.5. The highest BCUT2D eigenvalue weighted by molar-refractivity contribution is 7.89. The van der Waals surface area contributed by atoms with Crippen molar-refractivity contribution in [2.24, 2.45) is 11.0 Å². The number of amides is 1. The van der Waals surface area contributed by atoms with Crippen LogP contribution in [0.15, 0.2) is 29.6 Å². The van der Waals surface area contributed by atoms with E-state index in [4.69, 9.17) is 11.0 Å². The fourth-order valence-electron chi connectivity index (χ4n) is 2.14. The Kier molecular flexibility index (Phi) is 6.44. The number of hydrogen-bond donors (Lipinski definition) is 3. The van der Waals surface area contributed by atoms with E-state index in [1.807, 2.05) is 29.6 Å². The molecule has 0 bridgehead atoms. The van der Waals surface area contributed by atoms with Crippen LogP contribution in [0.4, 0.5) is 0 Å². The van der Waals surface area contributed by atoms with E-state index in [1.165, 1.54) is 11.3 Å². The van der Waals surface area contributed by atoms with Crippen molar-refractivity contribution in [3.63, 3.8) is 0 Å². The van der Waals surface area contributed by atoms with Crippen molar-refractivity contribution < 1.29 is 13.2 Å². The number of rotatable bonds is 8. The molecule has 0 fully saturated rings. The zero-order chi connectivity index (χ0) is 17.6. The summed E-state index contributed by atoms with van der Waals surface area (Å²) >= 11 is 1.45. The predicted octanol–water partition coefficient (Wildman–Crippen LogP) is 0.292. The van der Waals surface area contributed by atoms with Crippen LogP contribution in [-0.2, 0) is 40.5 Å². The zero-order valence-corrected chi connectivity index (χ0v) is 14.7. The summed E-state index contributed by atoms with van der Waals surface area (Å²) in [6.45, 7) is 0. The molecule has 2 aromatic rings. The number of carbonyl (C=O) groups is 1. The number of aromatic nitrogens is 1. The van der Waals surface area contributed by atoms with E-state index in [0.29, 0.717) is 6.42 Å². The molecular formula is C15H20N4O3S2. The van der Waals surface area contributed by atoms with Crippen LogP contribution in [0.5, 0.6) is 0 Å². The number of hydrogen-bond acceptors (Lipinski definition) is 6. The number of nitrogens with two attached hydrogens (primary N) is 2. The van der Waals surface area contributed by atoms with Crippen molar-refractivity contribution >= 4 is 27.3 Å². The lowest BCUT2D eigenvalue weighted by Gasteiger charge is -2.03. The maximum absolute atomic E-state index is 11.2. The molecule has 0 aliphatic heterocycles. The Hall–Kier alpha value is -1.81. The Bertz CT molecular complexity index is 785. The van der Waals surface area contributed by atoms with Crippen LogP contribution in [0.1, 0.15) is 21.8 Å². The number of thiazole rings is 1. The average molecular weight is 368 g/mol. The molecule has 1 aromatic carbocycles. The number of hydrazine groups is 1. The molecule has 0 unspecified atom stereocenters. The van der Waals surface area contributed by atoms with Gasteiger partial charge in [-0.3, -0.25) is 10.2 Å². The van der Waals surface area contributed by atoms with Crippen LogP contribution in [0.2, 0.25) is 0 Å². The van der Waals surface area contributed by atoms with E-state index in [9.17, 15) is 13.2 Å². The molecule has 1 heterocycles. The molecule has 7 nitrogen and oxygen atoms in total. The smallest absolute Gasteiger partial charge is 0.238 e. The lowest BCUT2D eigenvalue weighted by Crippen LogP contribution is -2.31. The average Bonchev–Trinajstić information content (AvgIpc) is 2.99. The van der Waals surface area contributed by atoms with E-state index in [0.717, 1.165) is 34.7 Å². The summed E-state index contributed by atoms with van der Waals surface area (Å²) in [5.74, 6) is 4.75. The van der Waals surface area contributed by atoms with E-state index in [2.05, 4.69) is 10.4 Å². The first-order valence-electron chi connectivity index (χ1n) is 7.37. The number of aryl methyl sites for hydroxylation is 3. The van der Waals surface area contributed by atoms with Gasteiger partial charge in [-0.05, 0) is 24.0 Å². The topological polar surface area (TPSA) is 128 Å². The molecule has 5 N–H and O–H groups in total. The number of benzene rings is 1. The van der Waals surface area contributed by atoms with E-state index >= 15 is 0 Å². The van der Waals surface area contributed by atoms with Gasteiger partial charge in [-0.2, -0.15) is 0 Å². The highest BCUT2D eigenvalue weighted by Crippen LogP contribution is 2.14. The fraction of sp³-hybridized carbons (Fsp3) is 0.333. The number of nitrogens with one attached hydrogen (secondary N) is 1. The van der Waals surface area contributed by atoms with Crippen LogP contribution >= 0.6 is 11.3 Å². The minimum Gasteiger partial charge on any atom is -0.294 e. The van der Waals surface area contributed by atoms with Crippen molar-refractivity contribution in [3.8, 4) is 0 Å². The minimum absolute atomic E-state index is 0.0855. The Morgan fingerprint density at radius 3 is 2.42 bits per heavy atom. The van der Waals surface area contributed by atoms with E-state index in [1.54, 1.807) is 0 Å². The minimum atomic E-state index is -3.45. The van der Waals surface area contributed by atoms with Gasteiger partial charge in [0.05, 0.1) is 22.9 Å². The van der Waals surface area contributed by atoms with Crippen molar-refractivity contribution in [2.75, 3.05) is 5.75 Å². The van der Waals surface area contributed by atoms with Crippen LogP contribution < -0.4 is 16.4 Å². The molecule has 0 aliphatic carbocycles. The Morgan fingerprint density at radius 2 is 1.79 bits per heavy atom. The summed E-state index contributed by atoms with van der Waals surface area (Å²) < 4.78 is 21.9. The number of sulfonamides is 1. The van der Waals surface area contributed by atoms with Crippen LogP contribution in [0.25, 0.3) is 0 Å². The second kappa shape index (κ2) is 8.34. The molecule has 1 amide bonds. The van der Waals surface area contributed by atoms with Crippen LogP contribution in [-0.4, -0.2) is 25.1 Å². The molecule has 130 valence electrons. The second-order valence-electron chi connectivity index (χ2n) is 5.41. The first-order chi connectivity index (χ1) is 11.4. The third kappa shape index (κ3) is 6.36. The van der Waals surface area contributed by atoms with Gasteiger partial charge in [0.2, 0.25) is 15.9 Å². The molecule has 0 aliphatic rings. The summed E-state index contributed by atoms with van der Waals surface area (Å²) in [4.78, 5) is 15.6. The van der Waals surface area contributed by atoms with Gasteiger partial charge in [0.25, 0.3) is 0 Å². The molecule has 2 rings (SSSR count). The Balaban J connectivity index is 1.85. The van der Waals surface area contributed by atoms with Gasteiger partial charge in [-0.15, -0.1) is 11.3 Å². The van der Waals surface area contributed by atoms with Gasteiger partial charge < -0.3 is 0 Å². The van der Waals surface area contributed by atoms with Gasteiger partial charge in [-0.25, -0.2) is 24.4 Å². The van der Waals surface area contributed by atoms with Gasteiger partial charge in [-0.1, -0.05) is 24.3 Å². The summed E-state index contributed by atoms with van der Waals surface area (Å²) in [5.41, 5.74) is 5.09. The largest absolute Gasteiger partial charge is 0.294 e. The first-order valence-corrected chi connectivity index (χ1v) is 9.96. The van der Waals surface area contributed by atoms with Gasteiger partial charge in [0, 0.05) is 11.8 Å². The SMILES string of the molecule is NNC(=O)Cc1ccc(CCc2csc(CCS(N)(=O)=O)n2)cc1. The molecule has 0 atom stereocenters. The van der Waals surface area contributed by atoms with Gasteiger partial charge >= 0.3 is 0 Å². The van der Waals surface area contributed by atoms with E-state index in [-0.39, 0.29) is 18.1 Å². The molecule has 0 radical (unpaired) electrons. The Morgan fingerprint density at radius 1 is 1.12 bits per heavy atom. The third-order valence-electron chi connectivity index (χ3n) is 3.42. The van der Waals surface area contributed by atoms with E-state index < -0.39 is 10.0 Å². The molecule has 24 heavy (non-hydrogen) atoms. The predicted molar refractivity (Wildman–Crippen MR) is 93.7 cm³/mol. The van der Waals surface area contributed by atoms with Gasteiger partial charge in [0.15, 0.2) is 0 Å². The monoisotopic (exact) mass is 368 g/mol. The maximum Gasteiger partial charge on any atom is 0.238 e. The van der Waals surface area contributed by atoms with Gasteiger partial charge in [0.1, 0.15) is 0 Å². The number of nitrogens with zero attached hydrogens (tertiary/aromatic N) is 1. The Labute approximate surface area is 145 Å². The highest BCUT2D eigenvalue weighted by atomic mass is 32.2. The molecular weight excluding hydrogens is 348 g/mol. The van der Waals surface area contributed by atoms with Crippen LogP contribution in [0, 0.1) is 0 Å². The normalized spacial score (nSPS) is 11.4. The number of primary sulfonamides is 1. The lowest BCUT2D eigenvalue weighted by molar-refractivity contribution is -0.120. The summed E-state index contributed by atoms with van der Waals surface area (Å²) in [5, 5.41) is 7.72. The lowest BCUT2D eigenvalue weighted by atomic mass is 10.0. The van der Waals surface area contributed by atoms with Crippen molar-refractivity contribution in [3.05, 3.63) is 51.5 Å². The van der Waals surface area contributed by atoms with Crippen molar-refractivity contribution in [2.45, 2.75) is 25.7 Å². The maximum atomic E-state index is 11.2. The second-order valence-corrected chi connectivity index (χ2v) is 8.09. The summed E-state index contributed by atoms with van der Waals surface area (Å²) in [6, 6.07) is 7.77. The zero-order valence-electron chi connectivity index (χ0n) is 13.1. The molecule has 9 heteroatoms. The fourth-order valence-corrected chi connectivity index (χ4v) is 3.58. The highest BCUT2D eigenvalue weighted by Gasteiger charge is 2.08. The molecule has 0 saturated heterocycles. The molecule has 1 aromatic heterocycles. The van der Waals surface area contributed by atoms with Crippen molar-refractivity contribution in [1.82, 2.24) is 10.4 Å². The molecule has 0 spiro atoms. The quantitative estimate of drug-likeness (QED) is 0.350. The number of carbonyl (C=O) groups excluding carboxylic acids is 1. The van der Waals surface area contributed by atoms with Crippen molar-refractivity contribution in [1.29, 1.82) is 0 Å².